The fourth-order valence-corrected chi connectivity index (χ4v) is 3.30. The molecule has 1 N–H and O–H groups in total. The maximum atomic E-state index is 12.1. The molecule has 0 saturated heterocycles. The number of nitrogens with one attached hydrogen (secondary N) is 1. The van der Waals surface area contributed by atoms with E-state index in [1.807, 2.05) is 35.7 Å². The van der Waals surface area contributed by atoms with Crippen LogP contribution in [0.4, 0.5) is 0 Å². The van der Waals surface area contributed by atoms with Crippen LogP contribution in [0.3, 0.4) is 0 Å². The molecule has 0 atom stereocenters. The molecule has 1 amide bonds. The van der Waals surface area contributed by atoms with Gasteiger partial charge in [-0.3, -0.25) is 4.79 Å². The highest BCUT2D eigenvalue weighted by atomic mass is 79.9. The number of hydrogen-bond donors (Lipinski definition) is 1. The van der Waals surface area contributed by atoms with Crippen LogP contribution >= 0.6 is 27.3 Å². The van der Waals surface area contributed by atoms with Crippen LogP contribution in [0.15, 0.2) is 39.0 Å². The molecular formula is C18H17BrN2O3S. The van der Waals surface area contributed by atoms with E-state index < -0.39 is 0 Å². The molecule has 0 aliphatic carbocycles. The first-order chi connectivity index (χ1) is 12.1. The lowest BCUT2D eigenvalue weighted by molar-refractivity contribution is -0.117. The largest absolute Gasteiger partial charge is 0.493 e. The number of carbonyl (C=O) groups is 1. The zero-order valence-electron chi connectivity index (χ0n) is 13.8. The van der Waals surface area contributed by atoms with Crippen molar-refractivity contribution in [1.29, 1.82) is 5.26 Å². The van der Waals surface area contributed by atoms with Gasteiger partial charge >= 0.3 is 0 Å². The standard InChI is InChI=1S/C18H17BrN2O3S/c1-23-15-4-3-12(8-16(15)24-2)5-6-21-18(22)14(10-20)7-13-9-17(19)25-11-13/h3-4,7-9,11H,5-6H2,1-2H3,(H,21,22)/b14-7+. The Morgan fingerprint density at radius 2 is 2.08 bits per heavy atom. The maximum absolute atomic E-state index is 12.1. The molecule has 7 heteroatoms. The summed E-state index contributed by atoms with van der Waals surface area (Å²) in [7, 11) is 3.16. The summed E-state index contributed by atoms with van der Waals surface area (Å²) in [6.07, 6.45) is 2.20. The smallest absolute Gasteiger partial charge is 0.261 e. The summed E-state index contributed by atoms with van der Waals surface area (Å²) in [6, 6.07) is 9.41. The zero-order valence-corrected chi connectivity index (χ0v) is 16.2. The molecule has 0 unspecified atom stereocenters. The van der Waals surface area contributed by atoms with Crippen molar-refractivity contribution in [2.75, 3.05) is 20.8 Å². The predicted octanol–water partition coefficient (Wildman–Crippen LogP) is 3.79. The minimum absolute atomic E-state index is 0.0811. The Bertz CT molecular complexity index is 824. The van der Waals surface area contributed by atoms with E-state index in [4.69, 9.17) is 9.47 Å². The maximum Gasteiger partial charge on any atom is 0.261 e. The highest BCUT2D eigenvalue weighted by Crippen LogP contribution is 2.27. The van der Waals surface area contributed by atoms with Gasteiger partial charge < -0.3 is 14.8 Å². The number of thiophene rings is 1. The number of nitriles is 1. The van der Waals surface area contributed by atoms with E-state index in [1.54, 1.807) is 20.3 Å². The molecule has 0 bridgehead atoms. The molecule has 0 aliphatic rings. The lowest BCUT2D eigenvalue weighted by atomic mass is 10.1. The topological polar surface area (TPSA) is 71.3 Å². The van der Waals surface area contributed by atoms with Gasteiger partial charge in [-0.15, -0.1) is 11.3 Å². The van der Waals surface area contributed by atoms with E-state index in [0.29, 0.717) is 24.5 Å². The fraction of sp³-hybridized carbons (Fsp3) is 0.222. The summed E-state index contributed by atoms with van der Waals surface area (Å²) in [5, 5.41) is 13.8. The van der Waals surface area contributed by atoms with Crippen LogP contribution in [0.25, 0.3) is 6.08 Å². The van der Waals surface area contributed by atoms with E-state index in [2.05, 4.69) is 21.2 Å². The SMILES string of the molecule is COc1ccc(CCNC(=O)/C(C#N)=C/c2csc(Br)c2)cc1OC. The van der Waals surface area contributed by atoms with E-state index in [-0.39, 0.29) is 11.5 Å². The van der Waals surface area contributed by atoms with Crippen molar-refractivity contribution in [2.24, 2.45) is 0 Å². The van der Waals surface area contributed by atoms with Crippen molar-refractivity contribution in [1.82, 2.24) is 5.32 Å². The van der Waals surface area contributed by atoms with Gasteiger partial charge in [-0.1, -0.05) is 6.07 Å². The second-order valence-corrected chi connectivity index (χ2v) is 7.34. The molecule has 1 aromatic carbocycles. The first-order valence-corrected chi connectivity index (χ1v) is 9.09. The Morgan fingerprint density at radius 3 is 2.68 bits per heavy atom. The van der Waals surface area contributed by atoms with Gasteiger partial charge in [-0.2, -0.15) is 5.26 Å². The molecule has 2 rings (SSSR count). The predicted molar refractivity (Wildman–Crippen MR) is 102 cm³/mol. The molecule has 0 fully saturated rings. The summed E-state index contributed by atoms with van der Waals surface area (Å²) in [5.41, 5.74) is 1.91. The van der Waals surface area contributed by atoms with Gasteiger partial charge in [0.2, 0.25) is 0 Å². The van der Waals surface area contributed by atoms with Crippen LogP contribution in [-0.4, -0.2) is 26.7 Å². The van der Waals surface area contributed by atoms with Gasteiger partial charge in [-0.05, 0) is 63.1 Å². The third kappa shape index (κ3) is 5.34. The van der Waals surface area contributed by atoms with Gasteiger partial charge in [0.1, 0.15) is 11.6 Å². The molecule has 5 nitrogen and oxygen atoms in total. The van der Waals surface area contributed by atoms with Crippen molar-refractivity contribution < 1.29 is 14.3 Å². The monoisotopic (exact) mass is 420 g/mol. The van der Waals surface area contributed by atoms with Crippen molar-refractivity contribution in [3.05, 3.63) is 50.1 Å². The number of nitrogens with zero attached hydrogens (tertiary/aromatic N) is 1. The quantitative estimate of drug-likeness (QED) is 0.546. The molecule has 1 heterocycles. The van der Waals surface area contributed by atoms with Crippen LogP contribution < -0.4 is 14.8 Å². The average Bonchev–Trinajstić information content (AvgIpc) is 3.04. The number of carbonyl (C=O) groups excluding carboxylic acids is 1. The number of amides is 1. The van der Waals surface area contributed by atoms with Crippen molar-refractivity contribution in [3.63, 3.8) is 0 Å². The van der Waals surface area contributed by atoms with Crippen molar-refractivity contribution in [2.45, 2.75) is 6.42 Å². The summed E-state index contributed by atoms with van der Waals surface area (Å²) in [6.45, 7) is 0.417. The molecular weight excluding hydrogens is 404 g/mol. The molecule has 0 saturated carbocycles. The number of ether oxygens (including phenoxy) is 2. The fourth-order valence-electron chi connectivity index (χ4n) is 2.17. The zero-order chi connectivity index (χ0) is 18.2. The third-order valence-corrected chi connectivity index (χ3v) is 4.93. The summed E-state index contributed by atoms with van der Waals surface area (Å²) in [5.74, 6) is 0.921. The number of hydrogen-bond acceptors (Lipinski definition) is 5. The Morgan fingerprint density at radius 1 is 1.32 bits per heavy atom. The van der Waals surface area contributed by atoms with Crippen LogP contribution in [0.1, 0.15) is 11.1 Å². The minimum Gasteiger partial charge on any atom is -0.493 e. The lowest BCUT2D eigenvalue weighted by Crippen LogP contribution is -2.26. The molecule has 0 spiro atoms. The van der Waals surface area contributed by atoms with Crippen LogP contribution in [0.5, 0.6) is 11.5 Å². The van der Waals surface area contributed by atoms with Crippen LogP contribution in [0, 0.1) is 11.3 Å². The molecule has 0 radical (unpaired) electrons. The summed E-state index contributed by atoms with van der Waals surface area (Å²) < 4.78 is 11.4. The Balaban J connectivity index is 1.95. The Kier molecular flexibility index (Phi) is 7.04. The number of benzene rings is 1. The van der Waals surface area contributed by atoms with E-state index in [0.717, 1.165) is 14.9 Å². The van der Waals surface area contributed by atoms with E-state index >= 15 is 0 Å². The van der Waals surface area contributed by atoms with Gasteiger partial charge in [-0.25, -0.2) is 0 Å². The normalized spacial score (nSPS) is 10.9. The molecule has 2 aromatic rings. The summed E-state index contributed by atoms with van der Waals surface area (Å²) >= 11 is 4.86. The van der Waals surface area contributed by atoms with Crippen LogP contribution in [-0.2, 0) is 11.2 Å². The average molecular weight is 421 g/mol. The first-order valence-electron chi connectivity index (χ1n) is 7.42. The highest BCUT2D eigenvalue weighted by molar-refractivity contribution is 9.11. The Labute approximate surface area is 159 Å². The number of methoxy groups -OCH3 is 2. The van der Waals surface area contributed by atoms with Gasteiger partial charge in [0.15, 0.2) is 11.5 Å². The first kappa shape index (κ1) is 19.0. The van der Waals surface area contributed by atoms with Gasteiger partial charge in [0.25, 0.3) is 5.91 Å². The van der Waals surface area contributed by atoms with Crippen molar-refractivity contribution in [3.8, 4) is 17.6 Å². The minimum atomic E-state index is -0.384. The Hall–Kier alpha value is -2.30. The lowest BCUT2D eigenvalue weighted by Gasteiger charge is -2.10. The summed E-state index contributed by atoms with van der Waals surface area (Å²) in [4.78, 5) is 12.1. The van der Waals surface area contributed by atoms with Gasteiger partial charge in [0, 0.05) is 6.54 Å². The molecule has 0 aliphatic heterocycles. The van der Waals surface area contributed by atoms with E-state index in [1.165, 1.54) is 11.3 Å². The molecule has 25 heavy (non-hydrogen) atoms. The second-order valence-electron chi connectivity index (χ2n) is 5.05. The third-order valence-electron chi connectivity index (χ3n) is 3.41. The second kappa shape index (κ2) is 9.25. The number of rotatable bonds is 7. The molecule has 1 aromatic heterocycles. The highest BCUT2D eigenvalue weighted by Gasteiger charge is 2.10. The van der Waals surface area contributed by atoms with Crippen LogP contribution in [0.2, 0.25) is 0 Å². The van der Waals surface area contributed by atoms with E-state index in [9.17, 15) is 10.1 Å². The van der Waals surface area contributed by atoms with Gasteiger partial charge in [0.05, 0.1) is 18.0 Å². The number of halogens is 1. The molecule has 130 valence electrons. The van der Waals surface area contributed by atoms with Crippen molar-refractivity contribution >= 4 is 39.2 Å².